The van der Waals surface area contributed by atoms with E-state index in [0.717, 1.165) is 50.3 Å². The third-order valence-corrected chi connectivity index (χ3v) is 4.98. The molecule has 3 heterocycles. The van der Waals surface area contributed by atoms with Crippen molar-refractivity contribution in [3.05, 3.63) is 17.7 Å². The Kier molecular flexibility index (Phi) is 4.02. The molecule has 5 nitrogen and oxygen atoms in total. The van der Waals surface area contributed by atoms with Gasteiger partial charge in [0.25, 0.3) is 0 Å². The van der Waals surface area contributed by atoms with Crippen LogP contribution >= 0.6 is 0 Å². The van der Waals surface area contributed by atoms with Gasteiger partial charge in [0.15, 0.2) is 0 Å². The van der Waals surface area contributed by atoms with Crippen molar-refractivity contribution in [2.45, 2.75) is 58.0 Å². The van der Waals surface area contributed by atoms with Gasteiger partial charge in [0.1, 0.15) is 11.9 Å². The van der Waals surface area contributed by atoms with E-state index in [1.807, 2.05) is 10.8 Å². The summed E-state index contributed by atoms with van der Waals surface area (Å²) in [6.07, 6.45) is 6.63. The summed E-state index contributed by atoms with van der Waals surface area (Å²) >= 11 is 0. The molecule has 0 spiro atoms. The summed E-state index contributed by atoms with van der Waals surface area (Å²) in [6, 6.07) is 0.185. The van der Waals surface area contributed by atoms with Gasteiger partial charge in [-0.15, -0.1) is 0 Å². The van der Waals surface area contributed by atoms with E-state index < -0.39 is 12.0 Å². The number of hydrogen-bond donors (Lipinski definition) is 1. The van der Waals surface area contributed by atoms with E-state index >= 15 is 0 Å². The van der Waals surface area contributed by atoms with Gasteiger partial charge < -0.3 is 14.6 Å². The molecule has 2 aliphatic heterocycles. The van der Waals surface area contributed by atoms with Gasteiger partial charge in [0.2, 0.25) is 0 Å². The molecule has 0 radical (unpaired) electrons. The van der Waals surface area contributed by atoms with Gasteiger partial charge in [0, 0.05) is 30.9 Å². The average molecular weight is 291 g/mol. The lowest BCUT2D eigenvalue weighted by atomic mass is 10.0. The molecule has 0 saturated carbocycles. The Morgan fingerprint density at radius 2 is 2.29 bits per heavy atom. The number of carboxylic acid groups (broad SMARTS) is 1. The average Bonchev–Trinajstić information content (AvgIpc) is 3.06. The van der Waals surface area contributed by atoms with Gasteiger partial charge in [-0.05, 0) is 52.0 Å². The zero-order chi connectivity index (χ0) is 15.0. The Hall–Kier alpha value is -1.36. The van der Waals surface area contributed by atoms with E-state index in [2.05, 4.69) is 23.7 Å². The highest BCUT2D eigenvalue weighted by molar-refractivity contribution is 5.72. The molecule has 5 heteroatoms. The monoisotopic (exact) mass is 291 g/mol. The van der Waals surface area contributed by atoms with Crippen LogP contribution in [0, 0.1) is 5.92 Å². The largest absolute Gasteiger partial charge is 0.480 e. The van der Waals surface area contributed by atoms with E-state index in [4.69, 9.17) is 0 Å². The van der Waals surface area contributed by atoms with Crippen LogP contribution in [0.25, 0.3) is 0 Å². The molecule has 2 atom stereocenters. The smallest absolute Gasteiger partial charge is 0.326 e. The van der Waals surface area contributed by atoms with Gasteiger partial charge in [-0.2, -0.15) is 0 Å². The summed E-state index contributed by atoms with van der Waals surface area (Å²) in [5.41, 5.74) is 1.10. The summed E-state index contributed by atoms with van der Waals surface area (Å²) in [6.45, 7) is 6.73. The predicted molar refractivity (Wildman–Crippen MR) is 80.4 cm³/mol. The van der Waals surface area contributed by atoms with Crippen LogP contribution < -0.4 is 0 Å². The number of aliphatic carboxylic acids is 1. The molecule has 0 bridgehead atoms. The highest BCUT2D eigenvalue weighted by Gasteiger charge is 2.31. The number of aryl methyl sites for hydroxylation is 1. The minimum Gasteiger partial charge on any atom is -0.480 e. The molecule has 0 amide bonds. The molecule has 1 N–H and O–H groups in total. The minimum absolute atomic E-state index is 0.408. The van der Waals surface area contributed by atoms with Gasteiger partial charge in [-0.3, -0.25) is 0 Å². The highest BCUT2D eigenvalue weighted by Crippen LogP contribution is 2.29. The first kappa shape index (κ1) is 14.6. The maximum Gasteiger partial charge on any atom is 0.326 e. The predicted octanol–water partition coefficient (Wildman–Crippen LogP) is 2.12. The summed E-state index contributed by atoms with van der Waals surface area (Å²) < 4.78 is 2.00. The molecule has 0 aromatic carbocycles. The number of fused-ring (bicyclic) bond motifs is 1. The molecule has 0 aliphatic carbocycles. The number of rotatable bonds is 4. The molecule has 1 aromatic rings. The number of likely N-dealkylation sites (tertiary alicyclic amines) is 1. The van der Waals surface area contributed by atoms with Gasteiger partial charge in [-0.25, -0.2) is 9.78 Å². The summed E-state index contributed by atoms with van der Waals surface area (Å²) in [5.74, 6) is 0.869. The summed E-state index contributed by atoms with van der Waals surface area (Å²) in [5, 5.41) is 9.45. The molecule has 1 aromatic heterocycles. The van der Waals surface area contributed by atoms with Gasteiger partial charge >= 0.3 is 5.97 Å². The molecule has 116 valence electrons. The van der Waals surface area contributed by atoms with Crippen LogP contribution in [0.3, 0.4) is 0 Å². The standard InChI is InChI=1S/C16H25N3O2/c1-11(2)18-7-6-12(10-18)8-15-17-9-13-4-3-5-14(16(20)21)19(13)15/h9,11-12,14H,3-8,10H2,1-2H3,(H,20,21). The number of hydrogen-bond acceptors (Lipinski definition) is 3. The fourth-order valence-corrected chi connectivity index (χ4v) is 3.75. The van der Waals surface area contributed by atoms with Crippen LogP contribution in [0.1, 0.15) is 50.7 Å². The molecule has 3 rings (SSSR count). The van der Waals surface area contributed by atoms with Crippen LogP contribution in [-0.4, -0.2) is 44.7 Å². The second-order valence-electron chi connectivity index (χ2n) is 6.73. The quantitative estimate of drug-likeness (QED) is 0.923. The topological polar surface area (TPSA) is 58.4 Å². The van der Waals surface area contributed by atoms with Crippen LogP contribution in [0.5, 0.6) is 0 Å². The van der Waals surface area contributed by atoms with Crippen molar-refractivity contribution >= 4 is 5.97 Å². The minimum atomic E-state index is -0.717. The second-order valence-corrected chi connectivity index (χ2v) is 6.73. The lowest BCUT2D eigenvalue weighted by molar-refractivity contribution is -0.141. The number of carboxylic acids is 1. The molecule has 2 aliphatic rings. The van der Waals surface area contributed by atoms with Crippen LogP contribution in [-0.2, 0) is 17.6 Å². The van der Waals surface area contributed by atoms with Crippen LogP contribution in [0.15, 0.2) is 6.20 Å². The van der Waals surface area contributed by atoms with Gasteiger partial charge in [-0.1, -0.05) is 0 Å². The number of imidazole rings is 1. The Balaban J connectivity index is 1.75. The maximum atomic E-state index is 11.5. The molecular weight excluding hydrogens is 266 g/mol. The van der Waals surface area contributed by atoms with E-state index in [-0.39, 0.29) is 0 Å². The molecule has 2 unspecified atom stereocenters. The zero-order valence-electron chi connectivity index (χ0n) is 13.0. The van der Waals surface area contributed by atoms with Crippen molar-refractivity contribution in [3.63, 3.8) is 0 Å². The lowest BCUT2D eigenvalue weighted by Gasteiger charge is -2.25. The first-order valence-electron chi connectivity index (χ1n) is 8.08. The third kappa shape index (κ3) is 2.84. The Bertz CT molecular complexity index is 524. The van der Waals surface area contributed by atoms with Crippen molar-refractivity contribution in [1.29, 1.82) is 0 Å². The van der Waals surface area contributed by atoms with Crippen molar-refractivity contribution in [3.8, 4) is 0 Å². The van der Waals surface area contributed by atoms with Crippen molar-refractivity contribution in [1.82, 2.24) is 14.5 Å². The molecular formula is C16H25N3O2. The van der Waals surface area contributed by atoms with Crippen LogP contribution in [0.4, 0.5) is 0 Å². The fraction of sp³-hybridized carbons (Fsp3) is 0.750. The zero-order valence-corrected chi connectivity index (χ0v) is 13.0. The molecule has 1 fully saturated rings. The first-order valence-corrected chi connectivity index (χ1v) is 8.08. The SMILES string of the molecule is CC(C)N1CCC(Cc2ncc3n2C(C(=O)O)CCC3)C1. The van der Waals surface area contributed by atoms with E-state index in [1.165, 1.54) is 6.42 Å². The Morgan fingerprint density at radius 1 is 1.48 bits per heavy atom. The van der Waals surface area contributed by atoms with Crippen molar-refractivity contribution in [2.75, 3.05) is 13.1 Å². The second kappa shape index (κ2) is 5.79. The summed E-state index contributed by atoms with van der Waals surface area (Å²) in [7, 11) is 0. The van der Waals surface area contributed by atoms with E-state index in [0.29, 0.717) is 12.0 Å². The normalized spacial score (nSPS) is 26.2. The fourth-order valence-electron chi connectivity index (χ4n) is 3.75. The van der Waals surface area contributed by atoms with E-state index in [9.17, 15) is 9.90 Å². The van der Waals surface area contributed by atoms with Crippen molar-refractivity contribution in [2.24, 2.45) is 5.92 Å². The Morgan fingerprint density at radius 3 is 2.95 bits per heavy atom. The van der Waals surface area contributed by atoms with Crippen molar-refractivity contribution < 1.29 is 9.90 Å². The van der Waals surface area contributed by atoms with E-state index in [1.54, 1.807) is 0 Å². The van der Waals surface area contributed by atoms with Crippen LogP contribution in [0.2, 0.25) is 0 Å². The maximum absolute atomic E-state index is 11.5. The first-order chi connectivity index (χ1) is 10.1. The van der Waals surface area contributed by atoms with Gasteiger partial charge in [0.05, 0.1) is 0 Å². The number of carbonyl (C=O) groups is 1. The third-order valence-electron chi connectivity index (χ3n) is 4.98. The highest BCUT2D eigenvalue weighted by atomic mass is 16.4. The molecule has 21 heavy (non-hydrogen) atoms. The Labute approximate surface area is 126 Å². The number of aromatic nitrogens is 2. The number of nitrogens with zero attached hydrogens (tertiary/aromatic N) is 3. The lowest BCUT2D eigenvalue weighted by Crippen LogP contribution is -2.29. The summed E-state index contributed by atoms with van der Waals surface area (Å²) in [4.78, 5) is 18.5. The molecule has 1 saturated heterocycles.